The van der Waals surface area contributed by atoms with E-state index in [1.54, 1.807) is 22.7 Å². The second-order valence-corrected chi connectivity index (χ2v) is 13.8. The average Bonchev–Trinajstić information content (AvgIpc) is 3.42. The summed E-state index contributed by atoms with van der Waals surface area (Å²) in [5, 5.41) is 16.8. The molecule has 4 heterocycles. The number of fused-ring (bicyclic) bond motifs is 2. The highest BCUT2D eigenvalue weighted by molar-refractivity contribution is 8.01. The van der Waals surface area contributed by atoms with Crippen molar-refractivity contribution in [3.8, 4) is 6.07 Å². The largest absolute Gasteiger partial charge is 0.348 e. The number of carbonyl (C=O) groups excluding carboxylic acids is 2. The van der Waals surface area contributed by atoms with Gasteiger partial charge in [0, 0.05) is 36.5 Å². The zero-order valence-electron chi connectivity index (χ0n) is 24.3. The minimum absolute atomic E-state index is 0.0109. The molecule has 1 aliphatic carbocycles. The molecule has 11 heteroatoms. The summed E-state index contributed by atoms with van der Waals surface area (Å²) in [7, 11) is 2.12. The van der Waals surface area contributed by atoms with Crippen molar-refractivity contribution < 1.29 is 18.7 Å². The van der Waals surface area contributed by atoms with Crippen LogP contribution in [0.25, 0.3) is 0 Å². The number of piperazine rings is 1. The maximum atomic E-state index is 14.5. The highest BCUT2D eigenvalue weighted by Crippen LogP contribution is 2.51. The lowest BCUT2D eigenvalue weighted by Gasteiger charge is -2.55. The number of rotatable bonds is 6. The normalized spacial score (nSPS) is 35.5. The highest BCUT2D eigenvalue weighted by Gasteiger charge is 2.55. The van der Waals surface area contributed by atoms with E-state index in [4.69, 9.17) is 4.74 Å². The Bertz CT molecular complexity index is 1260. The molecule has 1 saturated carbocycles. The Morgan fingerprint density at radius 3 is 2.88 bits per heavy atom. The van der Waals surface area contributed by atoms with Crippen LogP contribution >= 0.6 is 11.8 Å². The number of aryl methyl sites for hydroxylation is 1. The van der Waals surface area contributed by atoms with Crippen molar-refractivity contribution in [1.29, 1.82) is 5.26 Å². The average molecular weight is 597 g/mol. The second-order valence-electron chi connectivity index (χ2n) is 12.4. The first-order valence-electron chi connectivity index (χ1n) is 15.2. The lowest BCUT2D eigenvalue weighted by Crippen LogP contribution is -2.75. The molecule has 6 rings (SSSR count). The van der Waals surface area contributed by atoms with Crippen LogP contribution in [-0.2, 0) is 20.7 Å². The fourth-order valence-corrected chi connectivity index (χ4v) is 9.18. The maximum absolute atomic E-state index is 14.5. The quantitative estimate of drug-likeness (QED) is 0.480. The molecule has 0 bridgehead atoms. The number of ether oxygens (including phenoxy) is 1. The number of Topliss-reactive ketones (excluding diaryl/α,β-unsaturated/α-hetero) is 1. The fourth-order valence-electron chi connectivity index (χ4n) is 7.68. The molecule has 5 aliphatic rings. The molecule has 1 aromatic rings. The third-order valence-electron chi connectivity index (χ3n) is 10.0. The molecule has 226 valence electrons. The Morgan fingerprint density at radius 2 is 2.12 bits per heavy atom. The van der Waals surface area contributed by atoms with Crippen LogP contribution in [-0.4, -0.2) is 102 Å². The van der Waals surface area contributed by atoms with Crippen LogP contribution in [0.1, 0.15) is 44.1 Å². The number of nitriles is 1. The predicted molar refractivity (Wildman–Crippen MR) is 158 cm³/mol. The van der Waals surface area contributed by atoms with E-state index in [9.17, 15) is 19.2 Å². The van der Waals surface area contributed by atoms with Crippen LogP contribution in [0.2, 0.25) is 0 Å². The molecular formula is C31H41FN6O3S. The fraction of sp³-hybridized carbons (Fsp3) is 0.645. The van der Waals surface area contributed by atoms with E-state index in [2.05, 4.69) is 40.1 Å². The van der Waals surface area contributed by atoms with Gasteiger partial charge < -0.3 is 14.5 Å². The van der Waals surface area contributed by atoms with Crippen LogP contribution < -0.4 is 10.6 Å². The summed E-state index contributed by atoms with van der Waals surface area (Å²) in [6, 6.07) is 6.86. The topological polar surface area (TPSA) is 101 Å². The number of carbonyl (C=O) groups is 2. The van der Waals surface area contributed by atoms with Crippen molar-refractivity contribution >= 4 is 23.5 Å². The highest BCUT2D eigenvalue weighted by atomic mass is 32.2. The third-order valence-corrected chi connectivity index (χ3v) is 11.7. The molecule has 9 nitrogen and oxygen atoms in total. The maximum Gasteiger partial charge on any atom is 0.246 e. The molecule has 1 spiro atoms. The molecule has 4 fully saturated rings. The van der Waals surface area contributed by atoms with Gasteiger partial charge in [-0.3, -0.25) is 25.1 Å². The number of amides is 1. The number of nitrogens with one attached hydrogen (secondary N) is 2. The van der Waals surface area contributed by atoms with Crippen LogP contribution in [0, 0.1) is 23.1 Å². The van der Waals surface area contributed by atoms with Crippen molar-refractivity contribution in [2.75, 3.05) is 39.8 Å². The first-order chi connectivity index (χ1) is 20.3. The van der Waals surface area contributed by atoms with Crippen LogP contribution in [0.3, 0.4) is 0 Å². The van der Waals surface area contributed by atoms with Crippen LogP contribution in [0.4, 0.5) is 4.39 Å². The number of ketones is 1. The van der Waals surface area contributed by atoms with E-state index in [1.807, 2.05) is 6.07 Å². The Balaban J connectivity index is 1.24. The summed E-state index contributed by atoms with van der Waals surface area (Å²) in [4.78, 5) is 34.4. The SMILES string of the molecule is C=CC(=O)N1CCN(C2NC(OCC3CCCN3C)NC3C(=O)[C@]4(CCc5cc(F)ccc5S4)CCC32)CC1CC#N. The van der Waals surface area contributed by atoms with Gasteiger partial charge in [0.05, 0.1) is 42.1 Å². The summed E-state index contributed by atoms with van der Waals surface area (Å²) >= 11 is 1.61. The number of likely N-dealkylation sites (N-methyl/N-ethyl adjacent to an activating group) is 1. The molecule has 4 aliphatic heterocycles. The number of halogens is 1. The smallest absolute Gasteiger partial charge is 0.246 e. The van der Waals surface area contributed by atoms with E-state index < -0.39 is 17.1 Å². The van der Waals surface area contributed by atoms with Gasteiger partial charge in [-0.2, -0.15) is 5.26 Å². The lowest BCUT2D eigenvalue weighted by molar-refractivity contribution is -0.145. The molecule has 42 heavy (non-hydrogen) atoms. The van der Waals surface area contributed by atoms with Crippen molar-refractivity contribution in [2.24, 2.45) is 5.92 Å². The van der Waals surface area contributed by atoms with Crippen molar-refractivity contribution in [2.45, 2.75) is 85.2 Å². The molecule has 7 atom stereocenters. The molecule has 1 aromatic carbocycles. The molecule has 1 amide bonds. The van der Waals surface area contributed by atoms with E-state index in [-0.39, 0.29) is 42.1 Å². The standard InChI is InChI=1S/C31H41FN6O3S/c1-3-26(39)38-16-15-37(18-22(38)10-13-33)29-24-9-12-31(11-8-20-17-21(32)6-7-25(20)42-31)28(40)27(24)34-30(35-29)41-19-23-5-4-14-36(23)2/h3,6-7,17,22-24,27,29-30,34-35H,1,4-5,8-12,14-16,18-19H2,2H3/t22?,23?,24?,27?,29?,30?,31-/m0/s1. The summed E-state index contributed by atoms with van der Waals surface area (Å²) in [6.07, 6.45) is 6.14. The van der Waals surface area contributed by atoms with Gasteiger partial charge in [0.25, 0.3) is 0 Å². The van der Waals surface area contributed by atoms with E-state index >= 15 is 0 Å². The Hall–Kier alpha value is -2.33. The van der Waals surface area contributed by atoms with Crippen LogP contribution in [0.5, 0.6) is 0 Å². The Morgan fingerprint density at radius 1 is 1.26 bits per heavy atom. The summed E-state index contributed by atoms with van der Waals surface area (Å²) in [5.41, 5.74) is 0.981. The van der Waals surface area contributed by atoms with Gasteiger partial charge >= 0.3 is 0 Å². The van der Waals surface area contributed by atoms with Gasteiger partial charge in [-0.25, -0.2) is 4.39 Å². The number of nitrogens with zero attached hydrogens (tertiary/aromatic N) is 4. The van der Waals surface area contributed by atoms with Crippen molar-refractivity contribution in [3.63, 3.8) is 0 Å². The van der Waals surface area contributed by atoms with E-state index in [1.165, 1.54) is 12.1 Å². The van der Waals surface area contributed by atoms with Gasteiger partial charge in [0.15, 0.2) is 12.1 Å². The molecule has 6 unspecified atom stereocenters. The van der Waals surface area contributed by atoms with Gasteiger partial charge in [0.2, 0.25) is 5.91 Å². The first-order valence-corrected chi connectivity index (χ1v) is 16.0. The van der Waals surface area contributed by atoms with Gasteiger partial charge in [0.1, 0.15) is 5.82 Å². The number of thioether (sulfide) groups is 1. The molecule has 0 radical (unpaired) electrons. The molecule has 2 N–H and O–H groups in total. The van der Waals surface area contributed by atoms with E-state index in [0.29, 0.717) is 45.1 Å². The lowest BCUT2D eigenvalue weighted by atomic mass is 9.72. The van der Waals surface area contributed by atoms with Crippen molar-refractivity contribution in [3.05, 3.63) is 42.2 Å². The van der Waals surface area contributed by atoms with Gasteiger partial charge in [-0.05, 0) is 82.0 Å². The Kier molecular flexibility index (Phi) is 8.74. The monoisotopic (exact) mass is 596 g/mol. The minimum Gasteiger partial charge on any atom is -0.348 e. The summed E-state index contributed by atoms with van der Waals surface area (Å²) < 4.78 is 19.8. The second kappa shape index (κ2) is 12.3. The number of hydrogen-bond acceptors (Lipinski definition) is 9. The first kappa shape index (κ1) is 29.7. The van der Waals surface area contributed by atoms with Gasteiger partial charge in [-0.15, -0.1) is 11.8 Å². The third kappa shape index (κ3) is 5.65. The number of likely N-dealkylation sites (tertiary alicyclic amines) is 1. The predicted octanol–water partition coefficient (Wildman–Crippen LogP) is 2.48. The Labute approximate surface area is 251 Å². The van der Waals surface area contributed by atoms with Crippen LogP contribution in [0.15, 0.2) is 35.7 Å². The summed E-state index contributed by atoms with van der Waals surface area (Å²) in [6.45, 7) is 6.94. The van der Waals surface area contributed by atoms with Gasteiger partial charge in [-0.1, -0.05) is 6.58 Å². The number of benzene rings is 1. The minimum atomic E-state index is -0.546. The van der Waals surface area contributed by atoms with Crippen molar-refractivity contribution in [1.82, 2.24) is 25.3 Å². The zero-order valence-corrected chi connectivity index (χ0v) is 25.1. The molecule has 0 aromatic heterocycles. The summed E-state index contributed by atoms with van der Waals surface area (Å²) in [5.74, 6) is -0.180. The molecule has 3 saturated heterocycles. The van der Waals surface area contributed by atoms with E-state index in [0.717, 1.165) is 42.7 Å². The zero-order chi connectivity index (χ0) is 29.4. The number of hydrogen-bond donors (Lipinski definition) is 2. The molecular weight excluding hydrogens is 555 g/mol.